The van der Waals surface area contributed by atoms with E-state index in [1.165, 1.54) is 11.3 Å². The van der Waals surface area contributed by atoms with E-state index in [1.807, 2.05) is 24.8 Å². The molecular formula is C29H38N4O3. The van der Waals surface area contributed by atoms with Gasteiger partial charge in [-0.15, -0.1) is 0 Å². The fourth-order valence-corrected chi connectivity index (χ4v) is 6.69. The van der Waals surface area contributed by atoms with Crippen molar-refractivity contribution in [2.24, 2.45) is 0 Å². The van der Waals surface area contributed by atoms with Crippen molar-refractivity contribution in [3.8, 4) is 0 Å². The number of nitrogen functional groups attached to an aromatic ring is 1. The molecule has 1 unspecified atom stereocenters. The Labute approximate surface area is 214 Å². The molecule has 1 amide bonds. The molecule has 1 aliphatic carbocycles. The first-order valence-corrected chi connectivity index (χ1v) is 13.5. The largest absolute Gasteiger partial charge is 0.397 e. The summed E-state index contributed by atoms with van der Waals surface area (Å²) in [5, 5.41) is 0. The summed E-state index contributed by atoms with van der Waals surface area (Å²) in [6.45, 7) is 10.6. The minimum atomic E-state index is -0.586. The van der Waals surface area contributed by atoms with Crippen molar-refractivity contribution >= 4 is 23.0 Å². The van der Waals surface area contributed by atoms with Gasteiger partial charge in [0.25, 0.3) is 5.91 Å². The van der Waals surface area contributed by atoms with Crippen LogP contribution in [0.3, 0.4) is 0 Å². The van der Waals surface area contributed by atoms with Gasteiger partial charge in [-0.2, -0.15) is 0 Å². The first-order valence-electron chi connectivity index (χ1n) is 13.5. The average molecular weight is 491 g/mol. The summed E-state index contributed by atoms with van der Waals surface area (Å²) in [6.07, 6.45) is 3.86. The lowest BCUT2D eigenvalue weighted by molar-refractivity contribution is -0.149. The molecule has 0 radical (unpaired) electrons. The van der Waals surface area contributed by atoms with E-state index < -0.39 is 5.79 Å². The van der Waals surface area contributed by atoms with Crippen LogP contribution < -0.4 is 15.5 Å². The van der Waals surface area contributed by atoms with E-state index in [0.29, 0.717) is 12.2 Å². The number of piperazine rings is 1. The van der Waals surface area contributed by atoms with Crippen LogP contribution in [0.2, 0.25) is 0 Å². The van der Waals surface area contributed by atoms with Gasteiger partial charge in [-0.05, 0) is 75.8 Å². The lowest BCUT2D eigenvalue weighted by Crippen LogP contribution is -2.54. The smallest absolute Gasteiger partial charge is 0.254 e. The van der Waals surface area contributed by atoms with Gasteiger partial charge in [0.1, 0.15) is 6.10 Å². The normalized spacial score (nSPS) is 27.7. The second-order valence-corrected chi connectivity index (χ2v) is 11.2. The molecule has 4 aliphatic rings. The molecule has 3 atom stereocenters. The van der Waals surface area contributed by atoms with Crippen molar-refractivity contribution in [1.82, 2.24) is 4.90 Å². The van der Waals surface area contributed by atoms with Gasteiger partial charge in [-0.1, -0.05) is 18.2 Å². The molecule has 2 aromatic rings. The number of carbonyl (C=O) groups excluding carboxylic acids is 1. The van der Waals surface area contributed by atoms with E-state index in [9.17, 15) is 4.79 Å². The van der Waals surface area contributed by atoms with Crippen LogP contribution >= 0.6 is 0 Å². The maximum atomic E-state index is 13.7. The van der Waals surface area contributed by atoms with E-state index in [0.717, 1.165) is 68.7 Å². The van der Waals surface area contributed by atoms with Gasteiger partial charge in [-0.25, -0.2) is 0 Å². The average Bonchev–Trinajstić information content (AvgIpc) is 3.19. The minimum absolute atomic E-state index is 0.0552. The fraction of sp³-hybridized carbons (Fsp3) is 0.552. The maximum absolute atomic E-state index is 13.7. The van der Waals surface area contributed by atoms with Gasteiger partial charge >= 0.3 is 0 Å². The number of benzene rings is 2. The number of hydrogen-bond donors (Lipinski definition) is 1. The first kappa shape index (κ1) is 23.6. The van der Waals surface area contributed by atoms with E-state index in [-0.39, 0.29) is 24.2 Å². The van der Waals surface area contributed by atoms with E-state index in [4.69, 9.17) is 15.2 Å². The first-order chi connectivity index (χ1) is 17.3. The number of aryl methyl sites for hydroxylation is 1. The summed E-state index contributed by atoms with van der Waals surface area (Å²) in [6, 6.07) is 12.7. The van der Waals surface area contributed by atoms with Crippen LogP contribution in [0.25, 0.3) is 0 Å². The molecule has 3 heterocycles. The Morgan fingerprint density at radius 1 is 0.944 bits per heavy atom. The van der Waals surface area contributed by atoms with E-state index in [1.54, 1.807) is 0 Å². The van der Waals surface area contributed by atoms with Gasteiger partial charge in [-0.3, -0.25) is 4.79 Å². The van der Waals surface area contributed by atoms with E-state index in [2.05, 4.69) is 47.1 Å². The molecule has 36 heavy (non-hydrogen) atoms. The molecule has 2 aromatic carbocycles. The van der Waals surface area contributed by atoms with Crippen LogP contribution in [-0.4, -0.2) is 67.6 Å². The summed E-state index contributed by atoms with van der Waals surface area (Å²) < 4.78 is 12.4. The predicted molar refractivity (Wildman–Crippen MR) is 143 cm³/mol. The highest BCUT2D eigenvalue weighted by Crippen LogP contribution is 2.40. The number of anilines is 3. The Bertz CT molecular complexity index is 1160. The molecule has 2 saturated heterocycles. The Kier molecular flexibility index (Phi) is 5.88. The van der Waals surface area contributed by atoms with Crippen LogP contribution in [0, 0.1) is 6.92 Å². The summed E-state index contributed by atoms with van der Waals surface area (Å²) in [5.41, 5.74) is 12.8. The third-order valence-corrected chi connectivity index (χ3v) is 8.43. The molecule has 192 valence electrons. The van der Waals surface area contributed by atoms with Crippen molar-refractivity contribution in [1.29, 1.82) is 0 Å². The third-order valence-electron chi connectivity index (χ3n) is 8.43. The fourth-order valence-electron chi connectivity index (χ4n) is 6.69. The lowest BCUT2D eigenvalue weighted by Gasteiger charge is -2.42. The monoisotopic (exact) mass is 490 g/mol. The van der Waals surface area contributed by atoms with Crippen molar-refractivity contribution in [3.05, 3.63) is 53.1 Å². The van der Waals surface area contributed by atoms with Gasteiger partial charge < -0.3 is 29.9 Å². The Balaban J connectivity index is 1.18. The molecule has 3 aliphatic heterocycles. The van der Waals surface area contributed by atoms with Gasteiger partial charge in [0.2, 0.25) is 0 Å². The number of amides is 1. The van der Waals surface area contributed by atoms with Crippen LogP contribution in [0.15, 0.2) is 36.4 Å². The highest BCUT2D eigenvalue weighted by atomic mass is 16.8. The van der Waals surface area contributed by atoms with E-state index >= 15 is 0 Å². The molecule has 2 N–H and O–H groups in total. The number of ether oxygens (including phenoxy) is 2. The number of rotatable bonds is 3. The van der Waals surface area contributed by atoms with Crippen LogP contribution in [0.5, 0.6) is 0 Å². The van der Waals surface area contributed by atoms with Crippen LogP contribution in [0.1, 0.15) is 54.6 Å². The molecule has 0 aromatic heterocycles. The molecular weight excluding hydrogens is 452 g/mol. The molecule has 7 heteroatoms. The minimum Gasteiger partial charge on any atom is -0.397 e. The molecule has 1 saturated carbocycles. The van der Waals surface area contributed by atoms with Gasteiger partial charge in [0.15, 0.2) is 5.79 Å². The zero-order chi connectivity index (χ0) is 25.0. The van der Waals surface area contributed by atoms with Gasteiger partial charge in [0, 0.05) is 44.0 Å². The number of para-hydroxylation sites is 1. The zero-order valence-electron chi connectivity index (χ0n) is 21.7. The van der Waals surface area contributed by atoms with Crippen molar-refractivity contribution in [3.63, 3.8) is 0 Å². The highest BCUT2D eigenvalue weighted by molar-refractivity contribution is 5.99. The maximum Gasteiger partial charge on any atom is 0.254 e. The zero-order valence-corrected chi connectivity index (χ0v) is 21.7. The molecule has 6 rings (SSSR count). The molecule has 0 spiro atoms. The van der Waals surface area contributed by atoms with Crippen LogP contribution in [-0.2, 0) is 15.9 Å². The number of carbonyl (C=O) groups is 1. The highest BCUT2D eigenvalue weighted by Gasteiger charge is 2.50. The standard InChI is InChI=1S/C29H38N4O3/c1-19-7-4-5-8-23(19)31-13-15-32(16-14-31)25-17-20-11-12-33(28(34)21(20)18-22(25)30)24-9-6-10-26-27(24)36-29(2,3)35-26/h4-5,7-8,17-18,24,26-27H,6,9-16,30H2,1-3H3/t24?,26-,27+/m0/s1. The van der Waals surface area contributed by atoms with Crippen molar-refractivity contribution in [2.75, 3.05) is 48.3 Å². The molecule has 0 bridgehead atoms. The summed E-state index contributed by atoms with van der Waals surface area (Å²) >= 11 is 0. The van der Waals surface area contributed by atoms with Gasteiger partial charge in [0.05, 0.1) is 23.5 Å². The number of hydrogen-bond acceptors (Lipinski definition) is 6. The summed E-state index contributed by atoms with van der Waals surface area (Å²) in [4.78, 5) is 20.6. The third kappa shape index (κ3) is 4.12. The van der Waals surface area contributed by atoms with Crippen molar-refractivity contribution in [2.45, 2.75) is 70.5 Å². The summed E-state index contributed by atoms with van der Waals surface area (Å²) in [5.74, 6) is -0.505. The van der Waals surface area contributed by atoms with Crippen molar-refractivity contribution < 1.29 is 14.3 Å². The second kappa shape index (κ2) is 8.96. The Morgan fingerprint density at radius 2 is 1.67 bits per heavy atom. The molecule has 7 nitrogen and oxygen atoms in total. The SMILES string of the molecule is Cc1ccccc1N1CCN(c2cc3c(cc2N)C(=O)N(C2CCC[C@@H]4OC(C)(C)O[C@H]24)CC3)CC1. The topological polar surface area (TPSA) is 71.3 Å². The lowest BCUT2D eigenvalue weighted by atomic mass is 9.86. The Hall–Kier alpha value is -2.77. The molecule has 3 fully saturated rings. The number of nitrogens with zero attached hydrogens (tertiary/aromatic N) is 3. The predicted octanol–water partition coefficient (Wildman–Crippen LogP) is 3.97. The van der Waals surface area contributed by atoms with Crippen LogP contribution in [0.4, 0.5) is 17.1 Å². The Morgan fingerprint density at radius 3 is 2.42 bits per heavy atom. The second-order valence-electron chi connectivity index (χ2n) is 11.2. The summed E-state index contributed by atoms with van der Waals surface area (Å²) in [7, 11) is 0. The number of fused-ring (bicyclic) bond motifs is 2. The number of nitrogens with two attached hydrogens (primary N) is 1. The quantitative estimate of drug-likeness (QED) is 0.657.